The third kappa shape index (κ3) is 4.85. The van der Waals surface area contributed by atoms with Crippen molar-refractivity contribution in [3.05, 3.63) is 80.6 Å². The molecule has 1 aromatic heterocycles. The molecule has 29 heavy (non-hydrogen) atoms. The molecule has 0 aliphatic heterocycles. The number of rotatable bonds is 7. The third-order valence-corrected chi connectivity index (χ3v) is 4.62. The first-order valence-electron chi connectivity index (χ1n) is 8.56. The van der Waals surface area contributed by atoms with Crippen LogP contribution in [-0.4, -0.2) is 20.8 Å². The molecule has 0 aliphatic carbocycles. The molecular formula is C19H16BrN5O4. The van der Waals surface area contributed by atoms with Gasteiger partial charge >= 0.3 is 11.6 Å². The van der Waals surface area contributed by atoms with Crippen molar-refractivity contribution in [1.82, 2.24) is 15.4 Å². The van der Waals surface area contributed by atoms with Crippen molar-refractivity contribution in [2.45, 2.75) is 13.3 Å². The van der Waals surface area contributed by atoms with Crippen molar-refractivity contribution >= 4 is 33.3 Å². The molecule has 3 aromatic rings. The summed E-state index contributed by atoms with van der Waals surface area (Å²) >= 11 is 3.28. The number of nitro groups is 1. The number of halogens is 1. The highest BCUT2D eigenvalue weighted by Gasteiger charge is 2.25. The number of nitrogens with zero attached hydrogens (tertiary/aromatic N) is 3. The number of carbonyl (C=O) groups excluding carboxylic acids is 1. The Balaban J connectivity index is 1.82. The topological polar surface area (TPSA) is 119 Å². The lowest BCUT2D eigenvalue weighted by Gasteiger charge is -2.11. The van der Waals surface area contributed by atoms with E-state index in [9.17, 15) is 14.9 Å². The number of hydrogen-bond acceptors (Lipinski definition) is 7. The monoisotopic (exact) mass is 457 g/mol. The molecule has 0 saturated heterocycles. The Morgan fingerprint density at radius 1 is 1.17 bits per heavy atom. The summed E-state index contributed by atoms with van der Waals surface area (Å²) in [6.07, 6.45) is 1.97. The molecule has 148 valence electrons. The van der Waals surface area contributed by atoms with Gasteiger partial charge in [-0.1, -0.05) is 31.2 Å². The van der Waals surface area contributed by atoms with Crippen LogP contribution < -0.4 is 15.6 Å². The Hall–Kier alpha value is -3.53. The minimum absolute atomic E-state index is 0.203. The van der Waals surface area contributed by atoms with Crippen LogP contribution in [0.15, 0.2) is 59.3 Å². The lowest BCUT2D eigenvalue weighted by Crippen LogP contribution is -2.30. The Morgan fingerprint density at radius 2 is 1.90 bits per heavy atom. The lowest BCUT2D eigenvalue weighted by atomic mass is 10.2. The second kappa shape index (κ2) is 9.11. The van der Waals surface area contributed by atoms with Crippen molar-refractivity contribution < 1.29 is 14.5 Å². The van der Waals surface area contributed by atoms with Crippen LogP contribution in [0, 0.1) is 10.1 Å². The smallest absolute Gasteiger partial charge is 0.374 e. The average Bonchev–Trinajstić information content (AvgIpc) is 2.72. The van der Waals surface area contributed by atoms with Gasteiger partial charge in [0.2, 0.25) is 5.82 Å². The van der Waals surface area contributed by atoms with Gasteiger partial charge in [0, 0.05) is 4.47 Å². The number of anilines is 1. The van der Waals surface area contributed by atoms with Crippen molar-refractivity contribution in [1.29, 1.82) is 0 Å². The molecule has 0 unspecified atom stereocenters. The van der Waals surface area contributed by atoms with Crippen LogP contribution in [-0.2, 0) is 6.42 Å². The fourth-order valence-corrected chi connectivity index (χ4v) is 2.89. The first-order valence-corrected chi connectivity index (χ1v) is 9.36. The Morgan fingerprint density at radius 3 is 2.55 bits per heavy atom. The standard InChI is InChI=1S/C19H16BrN5O4/c1-2-12-7-9-13(10-8-12)29-19-16(25(27)28)17(21-11-22-19)23-24-18(26)14-5-3-4-6-15(14)20/h3-11H,2H2,1H3,(H,24,26)(H,21,22,23). The molecule has 0 bridgehead atoms. The molecule has 1 heterocycles. The quantitative estimate of drug-likeness (QED) is 0.401. The molecule has 0 atom stereocenters. The van der Waals surface area contributed by atoms with E-state index in [0.29, 0.717) is 15.8 Å². The first kappa shape index (κ1) is 20.2. The molecule has 0 spiro atoms. The molecular weight excluding hydrogens is 442 g/mol. The maximum Gasteiger partial charge on any atom is 0.374 e. The number of aromatic nitrogens is 2. The Kier molecular flexibility index (Phi) is 6.35. The average molecular weight is 458 g/mol. The number of benzene rings is 2. The summed E-state index contributed by atoms with van der Waals surface area (Å²) in [5, 5.41) is 11.6. The number of amides is 1. The lowest BCUT2D eigenvalue weighted by molar-refractivity contribution is -0.385. The van der Waals surface area contributed by atoms with Gasteiger partial charge in [-0.05, 0) is 52.2 Å². The number of carbonyl (C=O) groups is 1. The van der Waals surface area contributed by atoms with Gasteiger partial charge in [-0.25, -0.2) is 4.98 Å². The zero-order valence-electron chi connectivity index (χ0n) is 15.3. The molecule has 9 nitrogen and oxygen atoms in total. The van der Waals surface area contributed by atoms with Crippen LogP contribution in [0.25, 0.3) is 0 Å². The summed E-state index contributed by atoms with van der Waals surface area (Å²) in [5.74, 6) is -0.548. The third-order valence-electron chi connectivity index (χ3n) is 3.93. The van der Waals surface area contributed by atoms with Crippen LogP contribution in [0.3, 0.4) is 0 Å². The van der Waals surface area contributed by atoms with Crippen LogP contribution in [0.1, 0.15) is 22.8 Å². The molecule has 2 N–H and O–H groups in total. The van der Waals surface area contributed by atoms with Crippen LogP contribution in [0.2, 0.25) is 0 Å². The van der Waals surface area contributed by atoms with Crippen LogP contribution >= 0.6 is 15.9 Å². The van der Waals surface area contributed by atoms with E-state index in [4.69, 9.17) is 4.74 Å². The van der Waals surface area contributed by atoms with Crippen molar-refractivity contribution in [3.8, 4) is 11.6 Å². The van der Waals surface area contributed by atoms with E-state index in [1.807, 2.05) is 19.1 Å². The second-order valence-electron chi connectivity index (χ2n) is 5.79. The SMILES string of the molecule is CCc1ccc(Oc2ncnc(NNC(=O)c3ccccc3Br)c2[N+](=O)[O-])cc1. The van der Waals surface area contributed by atoms with Gasteiger partial charge in [-0.15, -0.1) is 0 Å². The minimum Gasteiger partial charge on any atom is -0.434 e. The highest BCUT2D eigenvalue weighted by Crippen LogP contribution is 2.33. The van der Waals surface area contributed by atoms with E-state index in [-0.39, 0.29) is 11.7 Å². The fraction of sp³-hybridized carbons (Fsp3) is 0.105. The zero-order valence-corrected chi connectivity index (χ0v) is 16.8. The molecule has 10 heteroatoms. The fourth-order valence-electron chi connectivity index (χ4n) is 2.43. The molecule has 0 fully saturated rings. The highest BCUT2D eigenvalue weighted by molar-refractivity contribution is 9.10. The number of aryl methyl sites for hydroxylation is 1. The number of ether oxygens (including phenoxy) is 1. The predicted octanol–water partition coefficient (Wildman–Crippen LogP) is 4.26. The molecule has 0 saturated carbocycles. The molecule has 2 aromatic carbocycles. The van der Waals surface area contributed by atoms with Crippen molar-refractivity contribution in [2.24, 2.45) is 0 Å². The summed E-state index contributed by atoms with van der Waals surface area (Å²) in [7, 11) is 0. The molecule has 1 amide bonds. The summed E-state index contributed by atoms with van der Waals surface area (Å²) in [5.41, 5.74) is 5.81. The summed E-state index contributed by atoms with van der Waals surface area (Å²) in [6.45, 7) is 2.02. The van der Waals surface area contributed by atoms with Crippen molar-refractivity contribution in [3.63, 3.8) is 0 Å². The maximum absolute atomic E-state index is 12.3. The maximum atomic E-state index is 12.3. The second-order valence-corrected chi connectivity index (χ2v) is 6.65. The summed E-state index contributed by atoms with van der Waals surface area (Å²) in [4.78, 5) is 30.9. The Labute approximate surface area is 174 Å². The van der Waals surface area contributed by atoms with E-state index in [2.05, 4.69) is 36.7 Å². The molecule has 0 aliphatic rings. The normalized spacial score (nSPS) is 10.3. The van der Waals surface area contributed by atoms with Crippen molar-refractivity contribution in [2.75, 3.05) is 5.43 Å². The van der Waals surface area contributed by atoms with E-state index < -0.39 is 16.5 Å². The molecule has 0 radical (unpaired) electrons. The van der Waals surface area contributed by atoms with Gasteiger partial charge in [0.25, 0.3) is 5.91 Å². The van der Waals surface area contributed by atoms with Gasteiger partial charge in [0.05, 0.1) is 10.5 Å². The number of hydrazine groups is 1. The Bertz CT molecular complexity index is 1040. The minimum atomic E-state index is -0.678. The van der Waals surface area contributed by atoms with E-state index in [1.54, 1.807) is 36.4 Å². The number of nitrogens with one attached hydrogen (secondary N) is 2. The van der Waals surface area contributed by atoms with Crippen LogP contribution in [0.4, 0.5) is 11.5 Å². The predicted molar refractivity (Wildman–Crippen MR) is 110 cm³/mol. The zero-order chi connectivity index (χ0) is 20.8. The van der Waals surface area contributed by atoms with E-state index >= 15 is 0 Å². The van der Waals surface area contributed by atoms with Gasteiger partial charge < -0.3 is 4.74 Å². The molecule has 3 rings (SSSR count). The largest absolute Gasteiger partial charge is 0.434 e. The first-order chi connectivity index (χ1) is 14.0. The van der Waals surface area contributed by atoms with Gasteiger partial charge in [0.1, 0.15) is 12.1 Å². The van der Waals surface area contributed by atoms with E-state index in [0.717, 1.165) is 18.3 Å². The van der Waals surface area contributed by atoms with Gasteiger partial charge in [-0.3, -0.25) is 25.8 Å². The van der Waals surface area contributed by atoms with Gasteiger partial charge in [-0.2, -0.15) is 4.98 Å². The van der Waals surface area contributed by atoms with Crippen LogP contribution in [0.5, 0.6) is 11.6 Å². The number of hydrogen-bond donors (Lipinski definition) is 2. The highest BCUT2D eigenvalue weighted by atomic mass is 79.9. The van der Waals surface area contributed by atoms with E-state index in [1.165, 1.54) is 0 Å². The van der Waals surface area contributed by atoms with Gasteiger partial charge in [0.15, 0.2) is 0 Å². The summed E-state index contributed by atoms with van der Waals surface area (Å²) in [6, 6.07) is 13.9. The summed E-state index contributed by atoms with van der Waals surface area (Å²) < 4.78 is 6.15.